The number of ether oxygens (including phenoxy) is 2. The van der Waals surface area contributed by atoms with E-state index in [4.69, 9.17) is 28.1 Å². The highest BCUT2D eigenvalue weighted by molar-refractivity contribution is 6.62. The van der Waals surface area contributed by atoms with Gasteiger partial charge in [-0.05, 0) is 90.6 Å². The summed E-state index contributed by atoms with van der Waals surface area (Å²) < 4.78 is 35.8. The van der Waals surface area contributed by atoms with Crippen molar-refractivity contribution < 1.29 is 28.1 Å². The van der Waals surface area contributed by atoms with Crippen LogP contribution in [0.4, 0.5) is 11.4 Å². The van der Waals surface area contributed by atoms with E-state index >= 15 is 0 Å². The molecule has 0 unspecified atom stereocenters. The first kappa shape index (κ1) is 26.7. The fraction of sp³-hybridized carbons (Fsp3) is 0.538. The van der Waals surface area contributed by atoms with Crippen LogP contribution in [-0.2, 0) is 18.6 Å². The standard InChI is InChI=1S/C26H36B2N2O6/c1-23(2)24(3,4)34-27(33-23)17-11-13-19(21(15-17)31-9)29-30-20-14-12-18(16-22(20)32-10)28-35-25(5,6)26(7,8)36-28/h11-16H,1-10H3. The molecule has 2 aliphatic rings. The van der Waals surface area contributed by atoms with E-state index in [1.54, 1.807) is 14.2 Å². The first-order chi connectivity index (χ1) is 16.7. The molecule has 0 N–H and O–H groups in total. The van der Waals surface area contributed by atoms with Crippen LogP contribution in [0.1, 0.15) is 55.4 Å². The molecule has 0 bridgehead atoms. The van der Waals surface area contributed by atoms with Crippen molar-refractivity contribution in [3.05, 3.63) is 36.4 Å². The monoisotopic (exact) mass is 494 g/mol. The molecule has 0 atom stereocenters. The summed E-state index contributed by atoms with van der Waals surface area (Å²) >= 11 is 0. The normalized spacial score (nSPS) is 21.8. The van der Waals surface area contributed by atoms with Crippen molar-refractivity contribution in [1.29, 1.82) is 0 Å². The van der Waals surface area contributed by atoms with Crippen LogP contribution in [0.5, 0.6) is 11.5 Å². The Kier molecular flexibility index (Phi) is 6.79. The Balaban J connectivity index is 1.55. The molecule has 10 heteroatoms. The molecule has 2 saturated heterocycles. The number of nitrogens with zero attached hydrogens (tertiary/aromatic N) is 2. The average Bonchev–Trinajstić information content (AvgIpc) is 3.16. The van der Waals surface area contributed by atoms with Gasteiger partial charge in [0.2, 0.25) is 0 Å². The van der Waals surface area contributed by atoms with Crippen LogP contribution in [0.3, 0.4) is 0 Å². The molecule has 2 aliphatic heterocycles. The quantitative estimate of drug-likeness (QED) is 0.428. The van der Waals surface area contributed by atoms with Gasteiger partial charge >= 0.3 is 14.2 Å². The third-order valence-corrected chi connectivity index (χ3v) is 7.72. The van der Waals surface area contributed by atoms with Crippen LogP contribution in [-0.4, -0.2) is 50.9 Å². The summed E-state index contributed by atoms with van der Waals surface area (Å²) in [6, 6.07) is 11.3. The van der Waals surface area contributed by atoms with Crippen molar-refractivity contribution in [2.24, 2.45) is 10.2 Å². The molecule has 2 aromatic carbocycles. The highest BCUT2D eigenvalue weighted by atomic mass is 16.7. The van der Waals surface area contributed by atoms with Gasteiger partial charge in [0, 0.05) is 0 Å². The molecule has 2 fully saturated rings. The molecule has 0 amide bonds. The first-order valence-corrected chi connectivity index (χ1v) is 12.2. The first-order valence-electron chi connectivity index (χ1n) is 12.2. The van der Waals surface area contributed by atoms with Gasteiger partial charge in [0.05, 0.1) is 36.6 Å². The molecule has 0 saturated carbocycles. The second-order valence-electron chi connectivity index (χ2n) is 11.2. The minimum atomic E-state index is -0.488. The van der Waals surface area contributed by atoms with Gasteiger partial charge in [0.1, 0.15) is 22.9 Å². The fourth-order valence-electron chi connectivity index (χ4n) is 3.91. The van der Waals surface area contributed by atoms with Crippen LogP contribution in [0.25, 0.3) is 0 Å². The van der Waals surface area contributed by atoms with E-state index < -0.39 is 36.6 Å². The number of hydrogen-bond acceptors (Lipinski definition) is 8. The van der Waals surface area contributed by atoms with E-state index in [1.165, 1.54) is 0 Å². The Bertz CT molecular complexity index is 1040. The zero-order chi connectivity index (χ0) is 26.5. The average molecular weight is 494 g/mol. The third kappa shape index (κ3) is 4.79. The minimum absolute atomic E-state index is 0.425. The fourth-order valence-corrected chi connectivity index (χ4v) is 3.91. The van der Waals surface area contributed by atoms with Gasteiger partial charge in [-0.25, -0.2) is 0 Å². The molecule has 2 aromatic rings. The number of methoxy groups -OCH3 is 2. The minimum Gasteiger partial charge on any atom is -0.494 e. The lowest BCUT2D eigenvalue weighted by molar-refractivity contribution is 0.00578. The lowest BCUT2D eigenvalue weighted by Gasteiger charge is -2.32. The summed E-state index contributed by atoms with van der Waals surface area (Å²) in [6.45, 7) is 16.2. The molecule has 8 nitrogen and oxygen atoms in total. The summed E-state index contributed by atoms with van der Waals surface area (Å²) in [7, 11) is 2.22. The van der Waals surface area contributed by atoms with Gasteiger partial charge in [-0.1, -0.05) is 12.1 Å². The number of rotatable bonds is 6. The van der Waals surface area contributed by atoms with Crippen LogP contribution >= 0.6 is 0 Å². The summed E-state index contributed by atoms with van der Waals surface area (Å²) in [5.74, 6) is 1.14. The number of benzene rings is 2. The van der Waals surface area contributed by atoms with Crippen LogP contribution in [0, 0.1) is 0 Å². The molecule has 36 heavy (non-hydrogen) atoms. The molecule has 0 aromatic heterocycles. The van der Waals surface area contributed by atoms with Gasteiger partial charge in [0.15, 0.2) is 0 Å². The number of azo groups is 1. The molecule has 2 heterocycles. The van der Waals surface area contributed by atoms with Crippen LogP contribution in [0.15, 0.2) is 46.6 Å². The van der Waals surface area contributed by atoms with Gasteiger partial charge in [0.25, 0.3) is 0 Å². The Morgan fingerprint density at radius 3 is 1.14 bits per heavy atom. The summed E-state index contributed by atoms with van der Waals surface area (Å²) in [4.78, 5) is 0. The van der Waals surface area contributed by atoms with E-state index in [9.17, 15) is 0 Å². The van der Waals surface area contributed by atoms with Gasteiger partial charge in [-0.15, -0.1) is 10.2 Å². The van der Waals surface area contributed by atoms with E-state index in [0.29, 0.717) is 22.9 Å². The van der Waals surface area contributed by atoms with Gasteiger partial charge in [-0.3, -0.25) is 0 Å². The molecule has 192 valence electrons. The Morgan fingerprint density at radius 1 is 0.556 bits per heavy atom. The lowest BCUT2D eigenvalue weighted by atomic mass is 9.79. The zero-order valence-corrected chi connectivity index (χ0v) is 23.0. The van der Waals surface area contributed by atoms with Crippen LogP contribution < -0.4 is 20.4 Å². The summed E-state index contributed by atoms with van der Waals surface area (Å²) in [6.07, 6.45) is 0. The van der Waals surface area contributed by atoms with Crippen molar-refractivity contribution in [2.75, 3.05) is 14.2 Å². The molecule has 0 spiro atoms. The predicted molar refractivity (Wildman–Crippen MR) is 142 cm³/mol. The lowest BCUT2D eigenvalue weighted by Crippen LogP contribution is -2.41. The highest BCUT2D eigenvalue weighted by Gasteiger charge is 2.52. The maximum absolute atomic E-state index is 6.16. The van der Waals surface area contributed by atoms with Gasteiger partial charge < -0.3 is 28.1 Å². The third-order valence-electron chi connectivity index (χ3n) is 7.72. The largest absolute Gasteiger partial charge is 0.494 e. The van der Waals surface area contributed by atoms with E-state index in [2.05, 4.69) is 10.2 Å². The zero-order valence-electron chi connectivity index (χ0n) is 23.0. The van der Waals surface area contributed by atoms with E-state index in [-0.39, 0.29) is 0 Å². The van der Waals surface area contributed by atoms with Crippen molar-refractivity contribution in [3.63, 3.8) is 0 Å². The smallest absolute Gasteiger partial charge is 0.494 e. The highest BCUT2D eigenvalue weighted by Crippen LogP contribution is 2.39. The predicted octanol–water partition coefficient (Wildman–Crippen LogP) is 4.72. The Morgan fingerprint density at radius 2 is 0.861 bits per heavy atom. The second kappa shape index (κ2) is 9.17. The Labute approximate surface area is 214 Å². The van der Waals surface area contributed by atoms with Crippen molar-refractivity contribution >= 4 is 36.5 Å². The van der Waals surface area contributed by atoms with Gasteiger partial charge in [-0.2, -0.15) is 0 Å². The molecular weight excluding hydrogens is 458 g/mol. The molecule has 4 rings (SSSR count). The van der Waals surface area contributed by atoms with E-state index in [1.807, 2.05) is 91.8 Å². The molecule has 0 radical (unpaired) electrons. The summed E-state index contributed by atoms with van der Waals surface area (Å²) in [5, 5.41) is 8.86. The van der Waals surface area contributed by atoms with E-state index in [0.717, 1.165) is 10.9 Å². The maximum Gasteiger partial charge on any atom is 0.494 e. The Hall–Kier alpha value is -2.39. The summed E-state index contributed by atoms with van der Waals surface area (Å²) in [5.41, 5.74) is 1.17. The molecular formula is C26H36B2N2O6. The maximum atomic E-state index is 6.16. The molecule has 0 aliphatic carbocycles. The SMILES string of the molecule is COc1cc(B2OC(C)(C)C(C)(C)O2)ccc1N=Nc1ccc(B2OC(C)(C)C(C)(C)O2)cc1OC. The topological polar surface area (TPSA) is 80.1 Å². The number of hydrogen-bond donors (Lipinski definition) is 0. The van der Waals surface area contributed by atoms with Crippen molar-refractivity contribution in [3.8, 4) is 11.5 Å². The second-order valence-corrected chi connectivity index (χ2v) is 11.2. The van der Waals surface area contributed by atoms with Crippen molar-refractivity contribution in [2.45, 2.75) is 77.8 Å². The van der Waals surface area contributed by atoms with Crippen LogP contribution in [0.2, 0.25) is 0 Å². The van der Waals surface area contributed by atoms with Crippen molar-refractivity contribution in [1.82, 2.24) is 0 Å².